The van der Waals surface area contributed by atoms with E-state index in [4.69, 9.17) is 14.9 Å². The van der Waals surface area contributed by atoms with Gasteiger partial charge >= 0.3 is 11.9 Å². The molecule has 3 rings (SSSR count). The van der Waals surface area contributed by atoms with E-state index < -0.39 is 11.9 Å². The van der Waals surface area contributed by atoms with Gasteiger partial charge in [-0.2, -0.15) is 0 Å². The summed E-state index contributed by atoms with van der Waals surface area (Å²) in [6.07, 6.45) is 1.12. The van der Waals surface area contributed by atoms with Crippen molar-refractivity contribution in [2.24, 2.45) is 5.92 Å². The van der Waals surface area contributed by atoms with Crippen LogP contribution in [0.15, 0.2) is 64.4 Å². The Hall–Kier alpha value is -2.97. The van der Waals surface area contributed by atoms with E-state index in [0.29, 0.717) is 18.1 Å². The summed E-state index contributed by atoms with van der Waals surface area (Å²) in [7, 11) is 5.99. The molecule has 0 amide bonds. The highest BCUT2D eigenvalue weighted by Crippen LogP contribution is 2.49. The Morgan fingerprint density at radius 3 is 2.26 bits per heavy atom. The van der Waals surface area contributed by atoms with Crippen LogP contribution in [0.2, 0.25) is 0 Å². The van der Waals surface area contributed by atoms with Crippen molar-refractivity contribution in [2.75, 3.05) is 39.2 Å². The van der Waals surface area contributed by atoms with Crippen LogP contribution in [0, 0.1) is 5.92 Å². The Labute approximate surface area is 186 Å². The maximum atomic E-state index is 9.55. The number of para-hydroxylation sites is 1. The fourth-order valence-electron chi connectivity index (χ4n) is 3.27. The lowest BCUT2D eigenvalue weighted by Gasteiger charge is -2.35. The molecule has 1 heterocycles. The molecule has 0 fully saturated rings. The summed E-state index contributed by atoms with van der Waals surface area (Å²) < 4.78 is 5.44. The van der Waals surface area contributed by atoms with E-state index >= 15 is 0 Å². The van der Waals surface area contributed by atoms with Crippen molar-refractivity contribution in [1.82, 2.24) is 4.90 Å². The SMILES string of the molecule is COc1ccc2c(c1)N(C[C@H](C)CN(C)C)c1ccccc1S2.O=C(O)/C=C/C(=O)O. The number of hydrogen-bond acceptors (Lipinski definition) is 6. The molecule has 0 saturated carbocycles. The molecule has 0 bridgehead atoms. The number of carboxylic acids is 2. The van der Waals surface area contributed by atoms with Crippen molar-refractivity contribution >= 4 is 35.1 Å². The summed E-state index contributed by atoms with van der Waals surface area (Å²) in [5.74, 6) is -1.03. The maximum absolute atomic E-state index is 9.55. The van der Waals surface area contributed by atoms with Crippen molar-refractivity contribution < 1.29 is 24.5 Å². The number of carboxylic acid groups (broad SMARTS) is 2. The molecule has 0 spiro atoms. The van der Waals surface area contributed by atoms with Crippen LogP contribution in [0.1, 0.15) is 6.92 Å². The average molecular weight is 445 g/mol. The second-order valence-electron chi connectivity index (χ2n) is 7.39. The normalized spacial score (nSPS) is 13.1. The highest BCUT2D eigenvalue weighted by Gasteiger charge is 2.25. The third-order valence-electron chi connectivity index (χ3n) is 4.37. The number of ether oxygens (including phenoxy) is 1. The molecule has 1 aliphatic rings. The van der Waals surface area contributed by atoms with Gasteiger partial charge in [-0.05, 0) is 44.3 Å². The first-order valence-corrected chi connectivity index (χ1v) is 10.5. The van der Waals surface area contributed by atoms with Gasteiger partial charge in [-0.1, -0.05) is 30.8 Å². The molecule has 7 nitrogen and oxygen atoms in total. The van der Waals surface area contributed by atoms with Crippen LogP contribution in [0.25, 0.3) is 0 Å². The predicted molar refractivity (Wildman–Crippen MR) is 123 cm³/mol. The van der Waals surface area contributed by atoms with Gasteiger partial charge in [0.1, 0.15) is 5.75 Å². The van der Waals surface area contributed by atoms with Crippen molar-refractivity contribution in [3.8, 4) is 5.75 Å². The number of methoxy groups -OCH3 is 1. The van der Waals surface area contributed by atoms with E-state index in [1.807, 2.05) is 17.8 Å². The molecule has 0 radical (unpaired) electrons. The number of fused-ring (bicyclic) bond motifs is 2. The summed E-state index contributed by atoms with van der Waals surface area (Å²) >= 11 is 1.84. The zero-order valence-corrected chi connectivity index (χ0v) is 18.9. The molecule has 8 heteroatoms. The van der Waals surface area contributed by atoms with Gasteiger partial charge in [0.05, 0.1) is 18.5 Å². The number of nitrogens with zero attached hydrogens (tertiary/aromatic N) is 2. The van der Waals surface area contributed by atoms with Crippen LogP contribution in [0.5, 0.6) is 5.75 Å². The number of rotatable bonds is 7. The van der Waals surface area contributed by atoms with Crippen LogP contribution in [-0.4, -0.2) is 61.3 Å². The van der Waals surface area contributed by atoms with Gasteiger partial charge in [0.25, 0.3) is 0 Å². The summed E-state index contributed by atoms with van der Waals surface area (Å²) in [5, 5.41) is 15.6. The summed E-state index contributed by atoms with van der Waals surface area (Å²) in [6, 6.07) is 15.0. The molecule has 166 valence electrons. The lowest BCUT2D eigenvalue weighted by Crippen LogP contribution is -2.31. The second kappa shape index (κ2) is 11.4. The number of aliphatic carboxylic acids is 2. The minimum absolute atomic E-state index is 0.558. The fourth-order valence-corrected chi connectivity index (χ4v) is 4.34. The largest absolute Gasteiger partial charge is 0.497 e. The van der Waals surface area contributed by atoms with Gasteiger partial charge in [-0.25, -0.2) is 9.59 Å². The average Bonchev–Trinajstić information content (AvgIpc) is 2.71. The Kier molecular flexibility index (Phi) is 8.96. The van der Waals surface area contributed by atoms with Gasteiger partial charge in [0, 0.05) is 41.1 Å². The first-order chi connectivity index (χ1) is 14.7. The zero-order chi connectivity index (χ0) is 23.0. The Morgan fingerprint density at radius 2 is 1.68 bits per heavy atom. The highest BCUT2D eigenvalue weighted by molar-refractivity contribution is 7.99. The molecule has 2 aromatic rings. The molecule has 1 atom stereocenters. The standard InChI is InChI=1S/C19H24N2OS.C4H4O4/c1-14(12-20(2)3)13-21-16-7-5-6-8-18(16)23-19-10-9-15(22-4)11-17(19)21;5-3(6)1-2-4(7)8/h5-11,14H,12-13H2,1-4H3;1-2H,(H,5,6)(H,7,8)/b;2-1+/t14-;/m1./s1. The van der Waals surface area contributed by atoms with E-state index in [9.17, 15) is 9.59 Å². The number of hydrogen-bond donors (Lipinski definition) is 2. The smallest absolute Gasteiger partial charge is 0.328 e. The van der Waals surface area contributed by atoms with Crippen LogP contribution in [0.4, 0.5) is 11.4 Å². The van der Waals surface area contributed by atoms with Crippen molar-refractivity contribution in [3.05, 3.63) is 54.6 Å². The maximum Gasteiger partial charge on any atom is 0.328 e. The number of benzene rings is 2. The molecule has 1 aliphatic heterocycles. The molecule has 0 saturated heterocycles. The molecular formula is C23H28N2O5S. The third kappa shape index (κ3) is 7.34. The zero-order valence-electron chi connectivity index (χ0n) is 18.1. The van der Waals surface area contributed by atoms with Crippen molar-refractivity contribution in [1.29, 1.82) is 0 Å². The molecule has 0 unspecified atom stereocenters. The van der Waals surface area contributed by atoms with Crippen LogP contribution < -0.4 is 9.64 Å². The number of carbonyl (C=O) groups is 2. The van der Waals surface area contributed by atoms with E-state index in [1.165, 1.54) is 21.2 Å². The summed E-state index contributed by atoms with van der Waals surface area (Å²) in [5.41, 5.74) is 2.54. The quantitative estimate of drug-likeness (QED) is 0.614. The van der Waals surface area contributed by atoms with E-state index in [0.717, 1.165) is 18.8 Å². The van der Waals surface area contributed by atoms with E-state index in [-0.39, 0.29) is 0 Å². The predicted octanol–water partition coefficient (Wildman–Crippen LogP) is 4.21. The Bertz CT molecular complexity index is 929. The molecular weight excluding hydrogens is 416 g/mol. The van der Waals surface area contributed by atoms with Crippen LogP contribution >= 0.6 is 11.8 Å². The van der Waals surface area contributed by atoms with Crippen LogP contribution in [0.3, 0.4) is 0 Å². The summed E-state index contributed by atoms with van der Waals surface area (Å²) in [6.45, 7) is 4.38. The lowest BCUT2D eigenvalue weighted by atomic mass is 10.1. The minimum Gasteiger partial charge on any atom is -0.497 e. The Balaban J connectivity index is 0.000000366. The molecule has 31 heavy (non-hydrogen) atoms. The van der Waals surface area contributed by atoms with Crippen LogP contribution in [-0.2, 0) is 9.59 Å². The highest BCUT2D eigenvalue weighted by atomic mass is 32.2. The van der Waals surface area contributed by atoms with E-state index in [1.54, 1.807) is 7.11 Å². The monoisotopic (exact) mass is 444 g/mol. The minimum atomic E-state index is -1.26. The summed E-state index contributed by atoms with van der Waals surface area (Å²) in [4.78, 5) is 26.4. The van der Waals surface area contributed by atoms with Crippen molar-refractivity contribution in [2.45, 2.75) is 16.7 Å². The lowest BCUT2D eigenvalue weighted by molar-refractivity contribution is -0.134. The van der Waals surface area contributed by atoms with Gasteiger partial charge in [-0.3, -0.25) is 0 Å². The molecule has 0 aromatic heterocycles. The van der Waals surface area contributed by atoms with Gasteiger partial charge in [0.15, 0.2) is 0 Å². The van der Waals surface area contributed by atoms with Gasteiger partial charge < -0.3 is 24.7 Å². The second-order valence-corrected chi connectivity index (χ2v) is 8.48. The molecule has 0 aliphatic carbocycles. The third-order valence-corrected chi connectivity index (χ3v) is 5.50. The van der Waals surface area contributed by atoms with Crippen molar-refractivity contribution in [3.63, 3.8) is 0 Å². The Morgan fingerprint density at radius 1 is 1.06 bits per heavy atom. The van der Waals surface area contributed by atoms with Gasteiger partial charge in [-0.15, -0.1) is 0 Å². The topological polar surface area (TPSA) is 90.3 Å². The first-order valence-electron chi connectivity index (χ1n) is 9.72. The first kappa shape index (κ1) is 24.3. The van der Waals surface area contributed by atoms with Gasteiger partial charge in [0.2, 0.25) is 0 Å². The fraction of sp³-hybridized carbons (Fsp3) is 0.304. The molecule has 2 N–H and O–H groups in total. The molecule has 2 aromatic carbocycles. The number of anilines is 2. The van der Waals surface area contributed by atoms with E-state index in [2.05, 4.69) is 67.2 Å².